The molecule has 1 aliphatic rings. The summed E-state index contributed by atoms with van der Waals surface area (Å²) >= 11 is 0. The number of carbonyl (C=O) groups is 2. The zero-order valence-electron chi connectivity index (χ0n) is 14.4. The molecule has 0 fully saturated rings. The number of fused-ring (bicyclic) bond motifs is 1. The number of carbonyl (C=O) groups excluding carboxylic acids is 2. The lowest BCUT2D eigenvalue weighted by Crippen LogP contribution is -2.51. The Hall–Kier alpha value is -2.82. The maximum Gasteiger partial charge on any atom is 0.327 e. The summed E-state index contributed by atoms with van der Waals surface area (Å²) in [4.78, 5) is 25.5. The molecule has 0 aromatic heterocycles. The summed E-state index contributed by atoms with van der Waals surface area (Å²) in [5.74, 6) is -0.677. The first-order chi connectivity index (χ1) is 12.0. The molecule has 0 spiro atoms. The van der Waals surface area contributed by atoms with Crippen molar-refractivity contribution in [1.29, 1.82) is 0 Å². The minimum atomic E-state index is -1.59. The number of methoxy groups -OCH3 is 2. The summed E-state index contributed by atoms with van der Waals surface area (Å²) in [5.41, 5.74) is 0.919. The van der Waals surface area contributed by atoms with Gasteiger partial charge in [-0.2, -0.15) is 0 Å². The fourth-order valence-corrected chi connectivity index (χ4v) is 3.37. The van der Waals surface area contributed by atoms with Crippen LogP contribution in [0.2, 0.25) is 0 Å². The molecule has 130 valence electrons. The standard InChI is InChI=1S/C20H20O5/c1-13-9-10-16-15(11-13)12-20(18(21)23-2,19(22)24-3)17(25-16)14-7-5-4-6-8-14/h4-11,17H,12H2,1-3H3. The zero-order valence-corrected chi connectivity index (χ0v) is 14.4. The van der Waals surface area contributed by atoms with Gasteiger partial charge in [0.1, 0.15) is 5.75 Å². The summed E-state index contributed by atoms with van der Waals surface area (Å²) in [7, 11) is 2.53. The van der Waals surface area contributed by atoms with Gasteiger partial charge in [0.15, 0.2) is 6.10 Å². The topological polar surface area (TPSA) is 61.8 Å². The molecule has 1 heterocycles. The van der Waals surface area contributed by atoms with Crippen molar-refractivity contribution in [3.05, 3.63) is 65.2 Å². The molecule has 2 aromatic rings. The minimum Gasteiger partial charge on any atom is -0.484 e. The molecule has 5 nitrogen and oxygen atoms in total. The van der Waals surface area contributed by atoms with Crippen LogP contribution >= 0.6 is 0 Å². The van der Waals surface area contributed by atoms with Gasteiger partial charge in [-0.05, 0) is 24.1 Å². The summed E-state index contributed by atoms with van der Waals surface area (Å²) < 4.78 is 16.1. The van der Waals surface area contributed by atoms with Crippen LogP contribution in [0.3, 0.4) is 0 Å². The summed E-state index contributed by atoms with van der Waals surface area (Å²) in [6, 6.07) is 14.9. The predicted octanol–water partition coefficient (Wildman–Crippen LogP) is 3.00. The number of esters is 2. The van der Waals surface area contributed by atoms with Crippen molar-refractivity contribution in [2.24, 2.45) is 5.41 Å². The third-order valence-electron chi connectivity index (χ3n) is 4.58. The Bertz CT molecular complexity index is 781. The van der Waals surface area contributed by atoms with Gasteiger partial charge < -0.3 is 14.2 Å². The van der Waals surface area contributed by atoms with Gasteiger partial charge in [0, 0.05) is 6.42 Å². The number of ether oxygens (including phenoxy) is 3. The zero-order chi connectivity index (χ0) is 18.0. The molecule has 5 heteroatoms. The summed E-state index contributed by atoms with van der Waals surface area (Å²) in [5, 5.41) is 0. The van der Waals surface area contributed by atoms with Crippen molar-refractivity contribution in [1.82, 2.24) is 0 Å². The van der Waals surface area contributed by atoms with Crippen LogP contribution in [0.4, 0.5) is 0 Å². The third-order valence-corrected chi connectivity index (χ3v) is 4.58. The fraction of sp³-hybridized carbons (Fsp3) is 0.300. The van der Waals surface area contributed by atoms with E-state index in [4.69, 9.17) is 14.2 Å². The minimum absolute atomic E-state index is 0.156. The molecule has 0 amide bonds. The molecule has 1 aliphatic heterocycles. The molecule has 0 N–H and O–H groups in total. The largest absolute Gasteiger partial charge is 0.484 e. The second kappa shape index (κ2) is 6.59. The Balaban J connectivity index is 2.22. The van der Waals surface area contributed by atoms with Gasteiger partial charge in [-0.25, -0.2) is 0 Å². The fourth-order valence-electron chi connectivity index (χ4n) is 3.37. The Morgan fingerprint density at radius 1 is 1.04 bits per heavy atom. The molecule has 0 saturated heterocycles. The summed E-state index contributed by atoms with van der Waals surface area (Å²) in [6.07, 6.45) is -0.674. The maximum atomic E-state index is 12.8. The van der Waals surface area contributed by atoms with Crippen molar-refractivity contribution in [3.8, 4) is 5.75 Å². The number of aryl methyl sites for hydroxylation is 1. The molecule has 0 aliphatic carbocycles. The molecule has 1 unspecified atom stereocenters. The highest BCUT2D eigenvalue weighted by Crippen LogP contribution is 2.48. The van der Waals surface area contributed by atoms with Crippen LogP contribution in [0.15, 0.2) is 48.5 Å². The lowest BCUT2D eigenvalue weighted by Gasteiger charge is -2.40. The van der Waals surface area contributed by atoms with Gasteiger partial charge in [-0.3, -0.25) is 9.59 Å². The average Bonchev–Trinajstić information content (AvgIpc) is 2.66. The SMILES string of the molecule is COC(=O)C1(C(=O)OC)Cc2cc(C)ccc2OC1c1ccccc1. The molecule has 0 bridgehead atoms. The monoisotopic (exact) mass is 340 g/mol. The number of benzene rings is 2. The van der Waals surface area contributed by atoms with Gasteiger partial charge >= 0.3 is 11.9 Å². The summed E-state index contributed by atoms with van der Waals surface area (Å²) in [6.45, 7) is 1.95. The second-order valence-corrected chi connectivity index (χ2v) is 6.15. The van der Waals surface area contributed by atoms with Crippen LogP contribution in [0.5, 0.6) is 5.75 Å². The van der Waals surface area contributed by atoms with Crippen LogP contribution in [0.1, 0.15) is 22.8 Å². The number of rotatable bonds is 3. The first kappa shape index (κ1) is 17.0. The van der Waals surface area contributed by atoms with Crippen molar-refractivity contribution in [3.63, 3.8) is 0 Å². The van der Waals surface area contributed by atoms with Gasteiger partial charge in [0.2, 0.25) is 5.41 Å². The van der Waals surface area contributed by atoms with Crippen molar-refractivity contribution < 1.29 is 23.8 Å². The van der Waals surface area contributed by atoms with Crippen LogP contribution in [0.25, 0.3) is 0 Å². The molecule has 2 aromatic carbocycles. The molecule has 0 saturated carbocycles. The molecule has 25 heavy (non-hydrogen) atoms. The van der Waals surface area contributed by atoms with E-state index in [1.807, 2.05) is 55.5 Å². The van der Waals surface area contributed by atoms with E-state index in [0.29, 0.717) is 11.3 Å². The van der Waals surface area contributed by atoms with Crippen LogP contribution in [0, 0.1) is 12.3 Å². The van der Waals surface area contributed by atoms with E-state index in [1.54, 1.807) is 0 Å². The molecule has 0 radical (unpaired) electrons. The molecule has 3 rings (SSSR count). The Morgan fingerprint density at radius 3 is 2.28 bits per heavy atom. The molecular weight excluding hydrogens is 320 g/mol. The van der Waals surface area contributed by atoms with Crippen molar-refractivity contribution in [2.75, 3.05) is 14.2 Å². The molecule has 1 atom stereocenters. The quantitative estimate of drug-likeness (QED) is 0.635. The maximum absolute atomic E-state index is 12.8. The van der Waals surface area contributed by atoms with Crippen molar-refractivity contribution >= 4 is 11.9 Å². The van der Waals surface area contributed by atoms with E-state index in [9.17, 15) is 9.59 Å². The highest BCUT2D eigenvalue weighted by Gasteiger charge is 2.59. The first-order valence-corrected chi connectivity index (χ1v) is 8.01. The smallest absolute Gasteiger partial charge is 0.327 e. The van der Waals surface area contributed by atoms with E-state index in [-0.39, 0.29) is 6.42 Å². The second-order valence-electron chi connectivity index (χ2n) is 6.15. The van der Waals surface area contributed by atoms with Crippen LogP contribution in [-0.2, 0) is 25.5 Å². The first-order valence-electron chi connectivity index (χ1n) is 8.01. The van der Waals surface area contributed by atoms with E-state index in [2.05, 4.69) is 0 Å². The normalized spacial score (nSPS) is 17.8. The van der Waals surface area contributed by atoms with Gasteiger partial charge in [0.05, 0.1) is 14.2 Å². The van der Waals surface area contributed by atoms with E-state index in [1.165, 1.54) is 14.2 Å². The highest BCUT2D eigenvalue weighted by molar-refractivity contribution is 6.01. The Kier molecular flexibility index (Phi) is 4.49. The van der Waals surface area contributed by atoms with Gasteiger partial charge in [0.25, 0.3) is 0 Å². The number of hydrogen-bond donors (Lipinski definition) is 0. The van der Waals surface area contributed by atoms with Crippen LogP contribution in [-0.4, -0.2) is 26.2 Å². The molecular formula is C20H20O5. The van der Waals surface area contributed by atoms with E-state index >= 15 is 0 Å². The Labute approximate surface area is 146 Å². The van der Waals surface area contributed by atoms with Crippen LogP contribution < -0.4 is 4.74 Å². The van der Waals surface area contributed by atoms with Gasteiger partial charge in [-0.15, -0.1) is 0 Å². The predicted molar refractivity (Wildman–Crippen MR) is 91.2 cm³/mol. The Morgan fingerprint density at radius 2 is 1.68 bits per heavy atom. The van der Waals surface area contributed by atoms with Gasteiger partial charge in [-0.1, -0.05) is 48.0 Å². The third kappa shape index (κ3) is 2.76. The lowest BCUT2D eigenvalue weighted by atomic mass is 9.72. The average molecular weight is 340 g/mol. The number of hydrogen-bond acceptors (Lipinski definition) is 5. The highest BCUT2D eigenvalue weighted by atomic mass is 16.6. The van der Waals surface area contributed by atoms with E-state index < -0.39 is 23.5 Å². The van der Waals surface area contributed by atoms with E-state index in [0.717, 1.165) is 11.1 Å². The van der Waals surface area contributed by atoms with Crippen molar-refractivity contribution in [2.45, 2.75) is 19.4 Å². The lowest BCUT2D eigenvalue weighted by molar-refractivity contribution is -0.179.